The Morgan fingerprint density at radius 3 is 2.69 bits per heavy atom. The van der Waals surface area contributed by atoms with E-state index in [4.69, 9.17) is 4.74 Å². The molecule has 1 saturated heterocycles. The van der Waals surface area contributed by atoms with Crippen LogP contribution in [0.25, 0.3) is 0 Å². The van der Waals surface area contributed by atoms with Crippen LogP contribution in [-0.4, -0.2) is 37.0 Å². The Labute approximate surface area is 160 Å². The van der Waals surface area contributed by atoms with Crippen molar-refractivity contribution in [3.8, 4) is 5.75 Å². The third-order valence-corrected chi connectivity index (χ3v) is 6.07. The van der Waals surface area contributed by atoms with Crippen LogP contribution in [-0.2, 0) is 6.61 Å². The highest BCUT2D eigenvalue weighted by Gasteiger charge is 2.20. The minimum Gasteiger partial charge on any atom is -0.489 e. The normalized spacial score (nSPS) is 15.8. The van der Waals surface area contributed by atoms with Crippen LogP contribution < -0.4 is 10.1 Å². The standard InChI is InChI=1S/C21H28N2O2S/c1-14-9-15(2)16(3)19(10-14)25-12-17-11-20(26-13-17)21(24)22-18-5-7-23(4)8-6-18/h9-11,13,18H,5-8,12H2,1-4H3,(H,22,24). The van der Waals surface area contributed by atoms with Gasteiger partial charge in [-0.05, 0) is 88.0 Å². The van der Waals surface area contributed by atoms with Crippen molar-refractivity contribution in [3.05, 3.63) is 50.7 Å². The Bertz CT molecular complexity index is 776. The molecule has 1 aliphatic heterocycles. The summed E-state index contributed by atoms with van der Waals surface area (Å²) in [5.74, 6) is 0.962. The number of nitrogens with one attached hydrogen (secondary N) is 1. The zero-order chi connectivity index (χ0) is 18.7. The molecule has 0 spiro atoms. The fourth-order valence-electron chi connectivity index (χ4n) is 3.29. The molecule has 140 valence electrons. The van der Waals surface area contributed by atoms with Gasteiger partial charge in [0.2, 0.25) is 0 Å². The lowest BCUT2D eigenvalue weighted by atomic mass is 10.1. The third kappa shape index (κ3) is 4.65. The molecule has 3 rings (SSSR count). The summed E-state index contributed by atoms with van der Waals surface area (Å²) in [5, 5.41) is 5.19. The Kier molecular flexibility index (Phi) is 5.99. The lowest BCUT2D eigenvalue weighted by molar-refractivity contribution is 0.0921. The smallest absolute Gasteiger partial charge is 0.261 e. The van der Waals surface area contributed by atoms with Crippen molar-refractivity contribution < 1.29 is 9.53 Å². The molecule has 4 nitrogen and oxygen atoms in total. The monoisotopic (exact) mass is 372 g/mol. The number of amides is 1. The van der Waals surface area contributed by atoms with E-state index in [1.807, 2.05) is 11.4 Å². The zero-order valence-electron chi connectivity index (χ0n) is 16.1. The van der Waals surface area contributed by atoms with Crippen molar-refractivity contribution in [3.63, 3.8) is 0 Å². The van der Waals surface area contributed by atoms with Crippen molar-refractivity contribution in [1.82, 2.24) is 10.2 Å². The first-order chi connectivity index (χ1) is 12.4. The van der Waals surface area contributed by atoms with Crippen LogP contribution >= 0.6 is 11.3 Å². The molecular weight excluding hydrogens is 344 g/mol. The Morgan fingerprint density at radius 2 is 1.96 bits per heavy atom. The van der Waals surface area contributed by atoms with Crippen molar-refractivity contribution in [2.75, 3.05) is 20.1 Å². The van der Waals surface area contributed by atoms with Crippen molar-refractivity contribution in [2.45, 2.75) is 46.3 Å². The number of nitrogens with zero attached hydrogens (tertiary/aromatic N) is 1. The van der Waals surface area contributed by atoms with Gasteiger partial charge in [0.05, 0.1) is 4.88 Å². The van der Waals surface area contributed by atoms with Gasteiger partial charge in [0, 0.05) is 11.6 Å². The maximum Gasteiger partial charge on any atom is 0.261 e. The number of hydrogen-bond acceptors (Lipinski definition) is 4. The molecule has 1 aromatic carbocycles. The average Bonchev–Trinajstić information content (AvgIpc) is 3.08. The quantitative estimate of drug-likeness (QED) is 0.860. The maximum absolute atomic E-state index is 12.5. The summed E-state index contributed by atoms with van der Waals surface area (Å²) in [6.07, 6.45) is 2.05. The van der Waals surface area contributed by atoms with E-state index < -0.39 is 0 Å². The summed E-state index contributed by atoms with van der Waals surface area (Å²) >= 11 is 1.49. The summed E-state index contributed by atoms with van der Waals surface area (Å²) < 4.78 is 6.01. The van der Waals surface area contributed by atoms with Gasteiger partial charge >= 0.3 is 0 Å². The van der Waals surface area contributed by atoms with Crippen LogP contribution in [0.15, 0.2) is 23.6 Å². The van der Waals surface area contributed by atoms with Crippen LogP contribution in [0.5, 0.6) is 5.75 Å². The highest BCUT2D eigenvalue weighted by atomic mass is 32.1. The first-order valence-corrected chi connectivity index (χ1v) is 10.1. The molecule has 5 heteroatoms. The summed E-state index contributed by atoms with van der Waals surface area (Å²) in [5.41, 5.74) is 4.66. The van der Waals surface area contributed by atoms with Crippen molar-refractivity contribution in [1.29, 1.82) is 0 Å². The first kappa shape index (κ1) is 18.9. The number of ether oxygens (including phenoxy) is 1. The van der Waals surface area contributed by atoms with E-state index in [1.54, 1.807) is 0 Å². The number of piperidine rings is 1. The van der Waals surface area contributed by atoms with Crippen LogP contribution in [0.3, 0.4) is 0 Å². The number of carbonyl (C=O) groups is 1. The molecule has 0 radical (unpaired) electrons. The molecule has 1 N–H and O–H groups in total. The van der Waals surface area contributed by atoms with Gasteiger partial charge in [0.1, 0.15) is 12.4 Å². The maximum atomic E-state index is 12.5. The van der Waals surface area contributed by atoms with Gasteiger partial charge in [-0.2, -0.15) is 0 Å². The van der Waals surface area contributed by atoms with E-state index in [0.717, 1.165) is 42.1 Å². The molecule has 0 bridgehead atoms. The topological polar surface area (TPSA) is 41.6 Å². The Morgan fingerprint density at radius 1 is 1.23 bits per heavy atom. The van der Waals surface area contributed by atoms with Crippen LogP contribution in [0.2, 0.25) is 0 Å². The number of hydrogen-bond donors (Lipinski definition) is 1. The van der Waals surface area contributed by atoms with Crippen LogP contribution in [0.4, 0.5) is 0 Å². The van der Waals surface area contributed by atoms with Gasteiger partial charge in [-0.3, -0.25) is 4.79 Å². The molecule has 26 heavy (non-hydrogen) atoms. The number of rotatable bonds is 5. The first-order valence-electron chi connectivity index (χ1n) is 9.20. The number of thiophene rings is 1. The summed E-state index contributed by atoms with van der Waals surface area (Å²) in [6.45, 7) is 8.84. The SMILES string of the molecule is Cc1cc(C)c(C)c(OCc2csc(C(=O)NC3CCN(C)CC3)c2)c1. The lowest BCUT2D eigenvalue weighted by Gasteiger charge is -2.29. The number of aryl methyl sites for hydroxylation is 2. The van der Waals surface area contributed by atoms with Crippen molar-refractivity contribution >= 4 is 17.2 Å². The van der Waals surface area contributed by atoms with E-state index >= 15 is 0 Å². The summed E-state index contributed by atoms with van der Waals surface area (Å²) in [6, 6.07) is 6.48. The van der Waals surface area contributed by atoms with Gasteiger partial charge in [-0.25, -0.2) is 0 Å². The molecule has 0 atom stereocenters. The predicted octanol–water partition coefficient (Wildman–Crippen LogP) is 4.08. The summed E-state index contributed by atoms with van der Waals surface area (Å²) in [4.78, 5) is 15.5. The molecule has 1 aliphatic rings. The van der Waals surface area contributed by atoms with E-state index in [1.165, 1.54) is 28.0 Å². The molecule has 0 aliphatic carbocycles. The second-order valence-electron chi connectivity index (χ2n) is 7.36. The second-order valence-corrected chi connectivity index (χ2v) is 8.28. The van der Waals surface area contributed by atoms with E-state index in [-0.39, 0.29) is 5.91 Å². The van der Waals surface area contributed by atoms with Crippen LogP contribution in [0, 0.1) is 20.8 Å². The third-order valence-electron chi connectivity index (χ3n) is 5.09. The van der Waals surface area contributed by atoms with Gasteiger partial charge < -0.3 is 15.0 Å². The molecule has 2 aromatic rings. The highest BCUT2D eigenvalue weighted by Crippen LogP contribution is 2.25. The zero-order valence-corrected chi connectivity index (χ0v) is 16.9. The van der Waals surface area contributed by atoms with Gasteiger partial charge in [-0.1, -0.05) is 6.07 Å². The van der Waals surface area contributed by atoms with Crippen LogP contribution in [0.1, 0.15) is 44.8 Å². The van der Waals surface area contributed by atoms with Gasteiger partial charge in [0.15, 0.2) is 0 Å². The fraction of sp³-hybridized carbons (Fsp3) is 0.476. The highest BCUT2D eigenvalue weighted by molar-refractivity contribution is 7.12. The second kappa shape index (κ2) is 8.23. The number of likely N-dealkylation sites (tertiary alicyclic amines) is 1. The molecule has 2 heterocycles. The minimum atomic E-state index is 0.0402. The van der Waals surface area contributed by atoms with E-state index in [9.17, 15) is 4.79 Å². The average molecular weight is 373 g/mol. The predicted molar refractivity (Wildman–Crippen MR) is 107 cm³/mol. The van der Waals surface area contributed by atoms with E-state index in [0.29, 0.717) is 12.6 Å². The number of benzene rings is 1. The Balaban J connectivity index is 1.57. The molecular formula is C21H28N2O2S. The van der Waals surface area contributed by atoms with Gasteiger partial charge in [0.25, 0.3) is 5.91 Å². The molecule has 0 saturated carbocycles. The Hall–Kier alpha value is -1.85. The fourth-order valence-corrected chi connectivity index (χ4v) is 4.09. The lowest BCUT2D eigenvalue weighted by Crippen LogP contribution is -2.43. The van der Waals surface area contributed by atoms with Gasteiger partial charge in [-0.15, -0.1) is 11.3 Å². The number of carbonyl (C=O) groups excluding carboxylic acids is 1. The minimum absolute atomic E-state index is 0.0402. The van der Waals surface area contributed by atoms with Crippen molar-refractivity contribution in [2.24, 2.45) is 0 Å². The largest absolute Gasteiger partial charge is 0.489 e. The van der Waals surface area contributed by atoms with E-state index in [2.05, 4.69) is 50.2 Å². The molecule has 1 fully saturated rings. The summed E-state index contributed by atoms with van der Waals surface area (Å²) in [7, 11) is 2.13. The molecule has 0 unspecified atom stereocenters. The molecule has 1 aromatic heterocycles. The molecule has 1 amide bonds.